The molecule has 1 rings (SSSR count). The maximum atomic E-state index is 12.4. The SMILES string of the molecule is CCC(C(=O)O)C(=O)N(CCC(=O)OC)Cc1cccnc1. The number of ether oxygens (including phenoxy) is 1. The zero-order chi connectivity index (χ0) is 16.5. The van der Waals surface area contributed by atoms with Gasteiger partial charge in [-0.05, 0) is 18.1 Å². The van der Waals surface area contributed by atoms with E-state index in [1.165, 1.54) is 12.0 Å². The Kier molecular flexibility index (Phi) is 7.01. The Morgan fingerprint density at radius 2 is 2.14 bits per heavy atom. The van der Waals surface area contributed by atoms with E-state index >= 15 is 0 Å². The number of aliphatic carboxylic acids is 1. The lowest BCUT2D eigenvalue weighted by Crippen LogP contribution is -2.40. The molecule has 0 bridgehead atoms. The van der Waals surface area contributed by atoms with Crippen LogP contribution < -0.4 is 0 Å². The molecule has 0 aliphatic heterocycles. The molecule has 0 aromatic carbocycles. The number of nitrogens with zero attached hydrogens (tertiary/aromatic N) is 2. The van der Waals surface area contributed by atoms with Crippen molar-refractivity contribution in [3.05, 3.63) is 30.1 Å². The highest BCUT2D eigenvalue weighted by atomic mass is 16.5. The first kappa shape index (κ1) is 17.6. The van der Waals surface area contributed by atoms with Gasteiger partial charge in [0, 0.05) is 25.5 Å². The summed E-state index contributed by atoms with van der Waals surface area (Å²) in [6, 6.07) is 3.51. The summed E-state index contributed by atoms with van der Waals surface area (Å²) in [7, 11) is 1.27. The lowest BCUT2D eigenvalue weighted by atomic mass is 10.0. The van der Waals surface area contributed by atoms with E-state index in [0.29, 0.717) is 0 Å². The van der Waals surface area contributed by atoms with Crippen LogP contribution in [0.3, 0.4) is 0 Å². The Morgan fingerprint density at radius 3 is 2.64 bits per heavy atom. The molecule has 22 heavy (non-hydrogen) atoms. The molecule has 0 saturated carbocycles. The van der Waals surface area contributed by atoms with E-state index in [9.17, 15) is 14.4 Å². The molecule has 1 amide bonds. The summed E-state index contributed by atoms with van der Waals surface area (Å²) in [5, 5.41) is 9.13. The van der Waals surface area contributed by atoms with Gasteiger partial charge in [0.2, 0.25) is 5.91 Å². The van der Waals surface area contributed by atoms with Crippen LogP contribution in [-0.4, -0.2) is 46.5 Å². The first-order chi connectivity index (χ1) is 10.5. The summed E-state index contributed by atoms with van der Waals surface area (Å²) in [4.78, 5) is 40.2. The summed E-state index contributed by atoms with van der Waals surface area (Å²) in [6.45, 7) is 1.94. The Morgan fingerprint density at radius 1 is 1.41 bits per heavy atom. The summed E-state index contributed by atoms with van der Waals surface area (Å²) in [5.74, 6) is -3.24. The fourth-order valence-electron chi connectivity index (χ4n) is 1.98. The molecule has 1 heterocycles. The Bertz CT molecular complexity index is 518. The number of carbonyl (C=O) groups is 3. The van der Waals surface area contributed by atoms with Gasteiger partial charge in [0.25, 0.3) is 0 Å². The van der Waals surface area contributed by atoms with Crippen molar-refractivity contribution in [1.82, 2.24) is 9.88 Å². The summed E-state index contributed by atoms with van der Waals surface area (Å²) < 4.78 is 4.56. The van der Waals surface area contributed by atoms with Crippen molar-refractivity contribution in [2.75, 3.05) is 13.7 Å². The fraction of sp³-hybridized carbons (Fsp3) is 0.467. The summed E-state index contributed by atoms with van der Waals surface area (Å²) in [5.41, 5.74) is 0.765. The molecule has 0 aliphatic carbocycles. The lowest BCUT2D eigenvalue weighted by Gasteiger charge is -2.25. The third kappa shape index (κ3) is 5.16. The van der Waals surface area contributed by atoms with Crippen LogP contribution in [0, 0.1) is 5.92 Å². The Balaban J connectivity index is 2.87. The van der Waals surface area contributed by atoms with Crippen molar-refractivity contribution in [2.24, 2.45) is 5.92 Å². The number of hydrogen-bond acceptors (Lipinski definition) is 5. The summed E-state index contributed by atoms with van der Waals surface area (Å²) in [6.07, 6.45) is 3.41. The lowest BCUT2D eigenvalue weighted by molar-refractivity contribution is -0.151. The van der Waals surface area contributed by atoms with E-state index < -0.39 is 23.8 Å². The smallest absolute Gasteiger partial charge is 0.316 e. The number of amides is 1. The quantitative estimate of drug-likeness (QED) is 0.570. The van der Waals surface area contributed by atoms with Crippen LogP contribution >= 0.6 is 0 Å². The van der Waals surface area contributed by atoms with Gasteiger partial charge >= 0.3 is 11.9 Å². The highest BCUT2D eigenvalue weighted by Gasteiger charge is 2.29. The number of carboxylic acids is 1. The predicted octanol–water partition coefficient (Wildman–Crippen LogP) is 1.08. The largest absolute Gasteiger partial charge is 0.481 e. The van der Waals surface area contributed by atoms with Crippen LogP contribution in [0.25, 0.3) is 0 Å². The zero-order valence-corrected chi connectivity index (χ0v) is 12.7. The monoisotopic (exact) mass is 308 g/mol. The molecule has 1 unspecified atom stereocenters. The van der Waals surface area contributed by atoms with Gasteiger partial charge in [0.15, 0.2) is 0 Å². The molecule has 7 nitrogen and oxygen atoms in total. The normalized spacial score (nSPS) is 11.5. The van der Waals surface area contributed by atoms with Crippen LogP contribution in [0.2, 0.25) is 0 Å². The molecule has 0 aliphatic rings. The van der Waals surface area contributed by atoms with Crippen molar-refractivity contribution in [2.45, 2.75) is 26.3 Å². The van der Waals surface area contributed by atoms with E-state index in [4.69, 9.17) is 5.11 Å². The summed E-state index contributed by atoms with van der Waals surface area (Å²) >= 11 is 0. The van der Waals surface area contributed by atoms with Crippen LogP contribution in [0.1, 0.15) is 25.3 Å². The number of aromatic nitrogens is 1. The van der Waals surface area contributed by atoms with Crippen LogP contribution in [0.4, 0.5) is 0 Å². The topological polar surface area (TPSA) is 96.8 Å². The van der Waals surface area contributed by atoms with Crippen molar-refractivity contribution in [3.8, 4) is 0 Å². The second-order valence-corrected chi connectivity index (χ2v) is 4.75. The molecule has 1 atom stereocenters. The molecule has 1 aromatic heterocycles. The average Bonchev–Trinajstić information content (AvgIpc) is 2.52. The van der Waals surface area contributed by atoms with Gasteiger partial charge in [-0.3, -0.25) is 19.4 Å². The number of esters is 1. The van der Waals surface area contributed by atoms with Crippen molar-refractivity contribution >= 4 is 17.8 Å². The Hall–Kier alpha value is -2.44. The van der Waals surface area contributed by atoms with E-state index in [2.05, 4.69) is 9.72 Å². The van der Waals surface area contributed by atoms with E-state index in [1.54, 1.807) is 31.5 Å². The molecule has 0 saturated heterocycles. The van der Waals surface area contributed by atoms with Crippen molar-refractivity contribution in [1.29, 1.82) is 0 Å². The minimum absolute atomic E-state index is 0.0125. The van der Waals surface area contributed by atoms with Gasteiger partial charge < -0.3 is 14.7 Å². The number of methoxy groups -OCH3 is 1. The highest BCUT2D eigenvalue weighted by Crippen LogP contribution is 2.13. The minimum atomic E-state index is -1.17. The number of hydrogen-bond donors (Lipinski definition) is 1. The first-order valence-electron chi connectivity index (χ1n) is 6.96. The molecule has 7 heteroatoms. The second-order valence-electron chi connectivity index (χ2n) is 4.75. The van der Waals surface area contributed by atoms with Crippen LogP contribution in [0.15, 0.2) is 24.5 Å². The molecule has 0 spiro atoms. The van der Waals surface area contributed by atoms with Crippen LogP contribution in [0.5, 0.6) is 0 Å². The fourth-order valence-corrected chi connectivity index (χ4v) is 1.98. The first-order valence-corrected chi connectivity index (χ1v) is 6.96. The van der Waals surface area contributed by atoms with Gasteiger partial charge in [0.1, 0.15) is 5.92 Å². The maximum Gasteiger partial charge on any atom is 0.316 e. The standard InChI is InChI=1S/C15H20N2O5/c1-3-12(15(20)21)14(19)17(8-6-13(18)22-2)10-11-5-4-7-16-9-11/h4-5,7,9,12H,3,6,8,10H2,1-2H3,(H,20,21). The van der Waals surface area contributed by atoms with Gasteiger partial charge in [-0.2, -0.15) is 0 Å². The number of carbonyl (C=O) groups excluding carboxylic acids is 2. The van der Waals surface area contributed by atoms with E-state index in [1.807, 2.05) is 0 Å². The molecule has 1 aromatic rings. The zero-order valence-electron chi connectivity index (χ0n) is 12.7. The second kappa shape index (κ2) is 8.76. The molecular weight excluding hydrogens is 288 g/mol. The van der Waals surface area contributed by atoms with E-state index in [0.717, 1.165) is 5.56 Å². The number of rotatable bonds is 8. The molecule has 0 fully saturated rings. The van der Waals surface area contributed by atoms with Gasteiger partial charge in [0.05, 0.1) is 13.5 Å². The van der Waals surface area contributed by atoms with E-state index in [-0.39, 0.29) is 25.9 Å². The third-order valence-corrected chi connectivity index (χ3v) is 3.23. The average molecular weight is 308 g/mol. The number of pyridine rings is 1. The van der Waals surface area contributed by atoms with Gasteiger partial charge in [-0.1, -0.05) is 13.0 Å². The highest BCUT2D eigenvalue weighted by molar-refractivity contribution is 5.97. The molecule has 120 valence electrons. The molecule has 0 radical (unpaired) electrons. The third-order valence-electron chi connectivity index (χ3n) is 3.23. The maximum absolute atomic E-state index is 12.4. The number of carboxylic acid groups (broad SMARTS) is 1. The molecular formula is C15H20N2O5. The minimum Gasteiger partial charge on any atom is -0.481 e. The van der Waals surface area contributed by atoms with Crippen molar-refractivity contribution < 1.29 is 24.2 Å². The van der Waals surface area contributed by atoms with Gasteiger partial charge in [-0.15, -0.1) is 0 Å². The Labute approximate surface area is 128 Å². The van der Waals surface area contributed by atoms with Crippen LogP contribution in [-0.2, 0) is 25.7 Å². The van der Waals surface area contributed by atoms with Crippen molar-refractivity contribution in [3.63, 3.8) is 0 Å². The predicted molar refractivity (Wildman–Crippen MR) is 77.7 cm³/mol. The molecule has 1 N–H and O–H groups in total. The van der Waals surface area contributed by atoms with Gasteiger partial charge in [-0.25, -0.2) is 0 Å².